The Bertz CT molecular complexity index is 340. The van der Waals surface area contributed by atoms with E-state index in [1.165, 1.54) is 0 Å². The molecular weight excluding hydrogens is 224 g/mol. The van der Waals surface area contributed by atoms with Crippen LogP contribution in [0.5, 0.6) is 0 Å². The summed E-state index contributed by atoms with van der Waals surface area (Å²) in [6, 6.07) is 7.93. The van der Waals surface area contributed by atoms with E-state index in [1.807, 2.05) is 29.3 Å². The van der Waals surface area contributed by atoms with E-state index >= 15 is 0 Å². The minimum absolute atomic E-state index is 0.110. The number of halogens is 1. The fourth-order valence-electron chi connectivity index (χ4n) is 2.00. The minimum Gasteiger partial charge on any atom is -0.329 e. The van der Waals surface area contributed by atoms with Crippen molar-refractivity contribution < 1.29 is 4.84 Å². The first kappa shape index (κ1) is 11.9. The Morgan fingerprint density at radius 1 is 1.44 bits per heavy atom. The number of rotatable bonds is 3. The molecule has 0 saturated carbocycles. The average Bonchev–Trinajstić information content (AvgIpc) is 2.31. The van der Waals surface area contributed by atoms with Crippen molar-refractivity contribution in [3.05, 3.63) is 34.9 Å². The van der Waals surface area contributed by atoms with Crippen molar-refractivity contribution in [2.75, 3.05) is 19.7 Å². The molecule has 16 heavy (non-hydrogen) atoms. The van der Waals surface area contributed by atoms with Crippen LogP contribution < -0.4 is 5.73 Å². The van der Waals surface area contributed by atoms with E-state index in [4.69, 9.17) is 22.2 Å². The van der Waals surface area contributed by atoms with Crippen molar-refractivity contribution in [1.29, 1.82) is 0 Å². The van der Waals surface area contributed by atoms with Gasteiger partial charge in [0.2, 0.25) is 0 Å². The lowest BCUT2D eigenvalue weighted by Crippen LogP contribution is -2.37. The molecule has 1 saturated heterocycles. The zero-order chi connectivity index (χ0) is 11.4. The number of hydrogen-bond donors (Lipinski definition) is 1. The highest BCUT2D eigenvalue weighted by molar-refractivity contribution is 6.30. The molecule has 3 nitrogen and oxygen atoms in total. The van der Waals surface area contributed by atoms with E-state index in [2.05, 4.69) is 0 Å². The number of nitrogens with zero attached hydrogens (tertiary/aromatic N) is 1. The Labute approximate surface area is 101 Å². The Balaban J connectivity index is 2.14. The average molecular weight is 241 g/mol. The molecular formula is C12H17ClN2O. The lowest BCUT2D eigenvalue weighted by Gasteiger charge is -2.33. The number of hydroxylamine groups is 2. The Hall–Kier alpha value is -0.610. The molecule has 88 valence electrons. The van der Waals surface area contributed by atoms with Crippen LogP contribution in [0.2, 0.25) is 5.02 Å². The van der Waals surface area contributed by atoms with Crippen LogP contribution in [0.4, 0.5) is 0 Å². The molecule has 0 aromatic heterocycles. The summed E-state index contributed by atoms with van der Waals surface area (Å²) in [5.41, 5.74) is 6.94. The molecule has 1 fully saturated rings. The van der Waals surface area contributed by atoms with Crippen LogP contribution in [-0.2, 0) is 4.84 Å². The van der Waals surface area contributed by atoms with Crippen molar-refractivity contribution >= 4 is 11.6 Å². The topological polar surface area (TPSA) is 38.5 Å². The summed E-state index contributed by atoms with van der Waals surface area (Å²) in [5, 5.41) is 2.72. The predicted molar refractivity (Wildman–Crippen MR) is 65.1 cm³/mol. The molecule has 1 heterocycles. The molecule has 0 spiro atoms. The molecule has 1 aliphatic heterocycles. The smallest absolute Gasteiger partial charge is 0.0724 e. The third kappa shape index (κ3) is 2.74. The van der Waals surface area contributed by atoms with Gasteiger partial charge in [0.25, 0.3) is 0 Å². The van der Waals surface area contributed by atoms with Gasteiger partial charge in [-0.2, -0.15) is 5.06 Å². The van der Waals surface area contributed by atoms with Gasteiger partial charge in [-0.3, -0.25) is 4.84 Å². The monoisotopic (exact) mass is 240 g/mol. The van der Waals surface area contributed by atoms with Gasteiger partial charge >= 0.3 is 0 Å². The normalized spacial score (nSPS) is 19.6. The first-order valence-corrected chi connectivity index (χ1v) is 6.04. The summed E-state index contributed by atoms with van der Waals surface area (Å²) >= 11 is 5.98. The zero-order valence-electron chi connectivity index (χ0n) is 9.23. The molecule has 2 rings (SSSR count). The van der Waals surface area contributed by atoms with Crippen LogP contribution >= 0.6 is 11.6 Å². The molecule has 1 aliphatic rings. The maximum Gasteiger partial charge on any atom is 0.0724 e. The molecule has 1 aromatic rings. The van der Waals surface area contributed by atoms with Crippen LogP contribution in [0.3, 0.4) is 0 Å². The van der Waals surface area contributed by atoms with Crippen LogP contribution in [0.1, 0.15) is 24.4 Å². The van der Waals surface area contributed by atoms with Gasteiger partial charge in [-0.05, 0) is 30.5 Å². The molecule has 1 unspecified atom stereocenters. The Morgan fingerprint density at radius 2 is 2.31 bits per heavy atom. The molecule has 2 N–H and O–H groups in total. The summed E-state index contributed by atoms with van der Waals surface area (Å²) < 4.78 is 0. The fraction of sp³-hybridized carbons (Fsp3) is 0.500. The van der Waals surface area contributed by atoms with Gasteiger partial charge in [-0.1, -0.05) is 23.7 Å². The maximum absolute atomic E-state index is 5.98. The van der Waals surface area contributed by atoms with Crippen molar-refractivity contribution in [1.82, 2.24) is 5.06 Å². The lowest BCUT2D eigenvalue weighted by atomic mass is 10.1. The van der Waals surface area contributed by atoms with Gasteiger partial charge in [0.1, 0.15) is 0 Å². The molecule has 0 aliphatic carbocycles. The van der Waals surface area contributed by atoms with E-state index in [0.717, 1.165) is 36.6 Å². The van der Waals surface area contributed by atoms with Gasteiger partial charge in [-0.15, -0.1) is 0 Å². The van der Waals surface area contributed by atoms with E-state index in [9.17, 15) is 0 Å². The summed E-state index contributed by atoms with van der Waals surface area (Å²) in [7, 11) is 0. The fourth-order valence-corrected chi connectivity index (χ4v) is 2.19. The first-order valence-electron chi connectivity index (χ1n) is 5.66. The third-order valence-corrected chi connectivity index (χ3v) is 3.07. The van der Waals surface area contributed by atoms with E-state index < -0.39 is 0 Å². The van der Waals surface area contributed by atoms with E-state index in [-0.39, 0.29) is 6.04 Å². The van der Waals surface area contributed by atoms with Crippen molar-refractivity contribution in [2.45, 2.75) is 18.9 Å². The number of hydrogen-bond acceptors (Lipinski definition) is 3. The van der Waals surface area contributed by atoms with Crippen LogP contribution in [0.25, 0.3) is 0 Å². The zero-order valence-corrected chi connectivity index (χ0v) is 9.99. The molecule has 0 amide bonds. The number of nitrogens with two attached hydrogens (primary N) is 1. The Morgan fingerprint density at radius 3 is 2.94 bits per heavy atom. The van der Waals surface area contributed by atoms with Crippen molar-refractivity contribution in [2.24, 2.45) is 5.73 Å². The highest BCUT2D eigenvalue weighted by atomic mass is 35.5. The highest BCUT2D eigenvalue weighted by Crippen LogP contribution is 2.24. The standard InChI is InChI=1S/C12H17ClN2O/c13-11-5-3-4-10(8-11)12(9-14)15-6-1-2-7-16-15/h3-5,8,12H,1-2,6-7,9,14H2. The highest BCUT2D eigenvalue weighted by Gasteiger charge is 2.22. The molecule has 0 bridgehead atoms. The molecule has 4 heteroatoms. The second kappa shape index (κ2) is 5.64. The van der Waals surface area contributed by atoms with Gasteiger partial charge in [0.05, 0.1) is 12.6 Å². The molecule has 1 atom stereocenters. The summed E-state index contributed by atoms with van der Waals surface area (Å²) in [6.07, 6.45) is 2.29. The van der Waals surface area contributed by atoms with Gasteiger partial charge in [-0.25, -0.2) is 0 Å². The minimum atomic E-state index is 0.110. The molecule has 1 aromatic carbocycles. The lowest BCUT2D eigenvalue weighted by molar-refractivity contribution is -0.206. The van der Waals surface area contributed by atoms with Gasteiger partial charge in [0, 0.05) is 18.1 Å². The quantitative estimate of drug-likeness (QED) is 0.882. The first-order chi connectivity index (χ1) is 7.81. The van der Waals surface area contributed by atoms with Crippen molar-refractivity contribution in [3.63, 3.8) is 0 Å². The van der Waals surface area contributed by atoms with E-state index in [1.54, 1.807) is 0 Å². The molecule has 0 radical (unpaired) electrons. The van der Waals surface area contributed by atoms with Crippen LogP contribution in [-0.4, -0.2) is 24.8 Å². The second-order valence-electron chi connectivity index (χ2n) is 3.99. The van der Waals surface area contributed by atoms with Crippen LogP contribution in [0.15, 0.2) is 24.3 Å². The van der Waals surface area contributed by atoms with Gasteiger partial charge < -0.3 is 5.73 Å². The largest absolute Gasteiger partial charge is 0.329 e. The van der Waals surface area contributed by atoms with Gasteiger partial charge in [0.15, 0.2) is 0 Å². The van der Waals surface area contributed by atoms with Crippen molar-refractivity contribution in [3.8, 4) is 0 Å². The summed E-state index contributed by atoms with van der Waals surface area (Å²) in [5.74, 6) is 0. The number of benzene rings is 1. The van der Waals surface area contributed by atoms with E-state index in [0.29, 0.717) is 6.54 Å². The maximum atomic E-state index is 5.98. The predicted octanol–water partition coefficient (Wildman–Crippen LogP) is 2.37. The summed E-state index contributed by atoms with van der Waals surface area (Å²) in [4.78, 5) is 5.64. The second-order valence-corrected chi connectivity index (χ2v) is 4.42. The Kier molecular flexibility index (Phi) is 4.18. The van der Waals surface area contributed by atoms with Crippen LogP contribution in [0, 0.1) is 0 Å². The SMILES string of the molecule is NCC(c1cccc(Cl)c1)N1CCCCO1. The summed E-state index contributed by atoms with van der Waals surface area (Å²) in [6.45, 7) is 2.27. The third-order valence-electron chi connectivity index (χ3n) is 2.83.